The zero-order valence-corrected chi connectivity index (χ0v) is 8.08. The lowest BCUT2D eigenvalue weighted by atomic mass is 10.0. The maximum absolute atomic E-state index is 12.4. The van der Waals surface area contributed by atoms with Crippen molar-refractivity contribution in [1.82, 2.24) is 0 Å². The van der Waals surface area contributed by atoms with Crippen LogP contribution in [0.4, 0.5) is 26.3 Å². The van der Waals surface area contributed by atoms with Gasteiger partial charge in [-0.2, -0.15) is 26.3 Å². The van der Waals surface area contributed by atoms with Gasteiger partial charge in [0.15, 0.2) is 0 Å². The molecule has 0 bridgehead atoms. The molecule has 0 heterocycles. The average molecular weight is 241 g/mol. The normalized spacial score (nSPS) is 12.9. The first-order valence-corrected chi connectivity index (χ1v) is 4.24. The summed E-state index contributed by atoms with van der Waals surface area (Å²) in [6, 6.07) is 1.56. The molecule has 89 valence electrons. The van der Waals surface area contributed by atoms with Crippen molar-refractivity contribution >= 4 is 0 Å². The van der Waals surface area contributed by atoms with Crippen LogP contribution in [0.3, 0.4) is 0 Å². The van der Waals surface area contributed by atoms with Crippen LogP contribution in [0.25, 0.3) is 0 Å². The van der Waals surface area contributed by atoms with Crippen LogP contribution in [0, 0.1) is 6.42 Å². The quantitative estimate of drug-likeness (QED) is 0.643. The van der Waals surface area contributed by atoms with Crippen LogP contribution >= 0.6 is 0 Å². The van der Waals surface area contributed by atoms with Crippen LogP contribution in [0.15, 0.2) is 18.2 Å². The third-order valence-electron chi connectivity index (χ3n) is 2.00. The monoisotopic (exact) mass is 241 g/mol. The van der Waals surface area contributed by atoms with Crippen LogP contribution in [0.5, 0.6) is 0 Å². The number of benzene rings is 1. The highest BCUT2D eigenvalue weighted by Crippen LogP contribution is 2.37. The number of halogens is 6. The predicted molar refractivity (Wildman–Crippen MR) is 45.5 cm³/mol. The van der Waals surface area contributed by atoms with Crippen LogP contribution in [0.1, 0.15) is 23.6 Å². The van der Waals surface area contributed by atoms with Gasteiger partial charge in [-0.25, -0.2) is 0 Å². The average Bonchev–Trinajstić information content (AvgIpc) is 2.14. The summed E-state index contributed by atoms with van der Waals surface area (Å²) in [6.07, 6.45) is -8.45. The highest BCUT2D eigenvalue weighted by Gasteiger charge is 2.37. The summed E-state index contributed by atoms with van der Waals surface area (Å²) < 4.78 is 73.9. The largest absolute Gasteiger partial charge is 0.416 e. The zero-order valence-electron chi connectivity index (χ0n) is 8.08. The van der Waals surface area contributed by atoms with E-state index >= 15 is 0 Å². The van der Waals surface area contributed by atoms with E-state index in [1.54, 1.807) is 0 Å². The van der Waals surface area contributed by atoms with Gasteiger partial charge in [0, 0.05) is 0 Å². The molecule has 0 spiro atoms. The Morgan fingerprint density at radius 3 is 1.88 bits per heavy atom. The molecular weight excluding hydrogens is 234 g/mol. The minimum Gasteiger partial charge on any atom is -0.166 e. The molecule has 0 aliphatic heterocycles. The number of alkyl halides is 6. The first-order valence-electron chi connectivity index (χ1n) is 4.24. The summed E-state index contributed by atoms with van der Waals surface area (Å²) in [4.78, 5) is 0. The lowest BCUT2D eigenvalue weighted by Gasteiger charge is -2.14. The Morgan fingerprint density at radius 2 is 1.50 bits per heavy atom. The summed E-state index contributed by atoms with van der Waals surface area (Å²) in [6.45, 7) is 1.33. The Morgan fingerprint density at radius 1 is 0.938 bits per heavy atom. The molecule has 1 aromatic carbocycles. The highest BCUT2D eigenvalue weighted by atomic mass is 19.4. The molecule has 0 saturated heterocycles. The molecular formula is C10H7F6. The first kappa shape index (κ1) is 12.9. The van der Waals surface area contributed by atoms with E-state index in [0.29, 0.717) is 6.07 Å². The molecule has 0 nitrogen and oxygen atoms in total. The maximum Gasteiger partial charge on any atom is 0.416 e. The van der Waals surface area contributed by atoms with E-state index < -0.39 is 23.5 Å². The van der Waals surface area contributed by atoms with Crippen molar-refractivity contribution in [3.8, 4) is 0 Å². The van der Waals surface area contributed by atoms with E-state index in [4.69, 9.17) is 0 Å². The van der Waals surface area contributed by atoms with E-state index in [1.807, 2.05) is 0 Å². The van der Waals surface area contributed by atoms with Crippen LogP contribution < -0.4 is 0 Å². The molecule has 0 aromatic heterocycles. The molecule has 16 heavy (non-hydrogen) atoms. The van der Waals surface area contributed by atoms with Crippen LogP contribution in [-0.4, -0.2) is 0 Å². The van der Waals surface area contributed by atoms with Gasteiger partial charge in [-0.1, -0.05) is 13.0 Å². The second kappa shape index (κ2) is 3.99. The molecule has 0 fully saturated rings. The summed E-state index contributed by atoms with van der Waals surface area (Å²) in [5, 5.41) is 0. The van der Waals surface area contributed by atoms with Gasteiger partial charge in [-0.05, 0) is 24.1 Å². The van der Waals surface area contributed by atoms with E-state index in [9.17, 15) is 26.3 Å². The van der Waals surface area contributed by atoms with Gasteiger partial charge < -0.3 is 0 Å². The molecule has 0 aliphatic rings. The number of hydrogen-bond donors (Lipinski definition) is 0. The lowest BCUT2D eigenvalue weighted by molar-refractivity contribution is -0.143. The highest BCUT2D eigenvalue weighted by molar-refractivity contribution is 5.39. The Bertz CT molecular complexity index is 374. The molecule has 0 aliphatic carbocycles. The molecule has 0 N–H and O–H groups in total. The molecule has 1 rings (SSSR count). The number of hydrogen-bond acceptors (Lipinski definition) is 0. The van der Waals surface area contributed by atoms with Crippen molar-refractivity contribution in [2.24, 2.45) is 0 Å². The maximum atomic E-state index is 12.4. The fraction of sp³-hybridized carbons (Fsp3) is 0.300. The first-order chi connectivity index (χ1) is 7.16. The molecule has 0 atom stereocenters. The summed E-state index contributed by atoms with van der Waals surface area (Å²) >= 11 is 0. The van der Waals surface area contributed by atoms with E-state index in [2.05, 4.69) is 0 Å². The Kier molecular flexibility index (Phi) is 3.21. The molecule has 0 amide bonds. The molecule has 1 aromatic rings. The van der Waals surface area contributed by atoms with Crippen molar-refractivity contribution in [1.29, 1.82) is 0 Å². The number of rotatable bonds is 1. The van der Waals surface area contributed by atoms with Crippen molar-refractivity contribution in [3.05, 3.63) is 41.3 Å². The second-order valence-electron chi connectivity index (χ2n) is 3.09. The SMILES string of the molecule is C[CH]c1ccc(C(F)(F)F)cc1C(F)(F)F. The Labute approximate surface area is 87.9 Å². The van der Waals surface area contributed by atoms with Gasteiger partial charge >= 0.3 is 12.4 Å². The predicted octanol–water partition coefficient (Wildman–Crippen LogP) is 4.30. The van der Waals surface area contributed by atoms with Crippen molar-refractivity contribution in [2.75, 3.05) is 0 Å². The van der Waals surface area contributed by atoms with Crippen LogP contribution in [0.2, 0.25) is 0 Å². The zero-order chi connectivity index (χ0) is 12.6. The summed E-state index contributed by atoms with van der Waals surface area (Å²) in [7, 11) is 0. The summed E-state index contributed by atoms with van der Waals surface area (Å²) in [5.74, 6) is 0. The Balaban J connectivity index is 3.34. The molecule has 6 heteroatoms. The van der Waals surface area contributed by atoms with Gasteiger partial charge in [0.1, 0.15) is 0 Å². The third kappa shape index (κ3) is 2.68. The van der Waals surface area contributed by atoms with Gasteiger partial charge in [0.25, 0.3) is 0 Å². The topological polar surface area (TPSA) is 0 Å². The second-order valence-corrected chi connectivity index (χ2v) is 3.09. The van der Waals surface area contributed by atoms with Gasteiger partial charge in [0.2, 0.25) is 0 Å². The van der Waals surface area contributed by atoms with E-state index in [0.717, 1.165) is 12.5 Å². The molecule has 1 radical (unpaired) electrons. The molecule has 0 saturated carbocycles. The van der Waals surface area contributed by atoms with Gasteiger partial charge in [-0.15, -0.1) is 0 Å². The molecule has 0 unspecified atom stereocenters. The third-order valence-corrected chi connectivity index (χ3v) is 2.00. The minimum atomic E-state index is -4.79. The van der Waals surface area contributed by atoms with Gasteiger partial charge in [0.05, 0.1) is 11.1 Å². The van der Waals surface area contributed by atoms with E-state index in [-0.39, 0.29) is 11.6 Å². The fourth-order valence-electron chi connectivity index (χ4n) is 1.23. The van der Waals surface area contributed by atoms with Gasteiger partial charge in [-0.3, -0.25) is 0 Å². The van der Waals surface area contributed by atoms with E-state index in [1.165, 1.54) is 6.92 Å². The van der Waals surface area contributed by atoms with Crippen LogP contribution in [-0.2, 0) is 12.4 Å². The standard InChI is InChI=1S/C10H7F6/c1-2-6-3-4-7(9(11,12)13)5-8(6)10(14,15)16/h2-5H,1H3. The minimum absolute atomic E-state index is 0.120. The summed E-state index contributed by atoms with van der Waals surface area (Å²) in [5.41, 5.74) is -2.84. The van der Waals surface area contributed by atoms with Crippen molar-refractivity contribution in [3.63, 3.8) is 0 Å². The lowest BCUT2D eigenvalue weighted by Crippen LogP contribution is -2.12. The van der Waals surface area contributed by atoms with Crippen molar-refractivity contribution in [2.45, 2.75) is 19.3 Å². The van der Waals surface area contributed by atoms with Crippen molar-refractivity contribution < 1.29 is 26.3 Å². The fourth-order valence-corrected chi connectivity index (χ4v) is 1.23. The smallest absolute Gasteiger partial charge is 0.166 e. The Hall–Kier alpha value is -1.20.